The van der Waals surface area contributed by atoms with Crippen molar-refractivity contribution < 1.29 is 4.79 Å². The summed E-state index contributed by atoms with van der Waals surface area (Å²) in [7, 11) is 0. The number of nitrogens with zero attached hydrogens (tertiary/aromatic N) is 2. The molecule has 0 spiro atoms. The fourth-order valence-corrected chi connectivity index (χ4v) is 1.96. The number of rotatable bonds is 2. The molecule has 1 amide bonds. The van der Waals surface area contributed by atoms with Crippen LogP contribution in [0.3, 0.4) is 0 Å². The van der Waals surface area contributed by atoms with Gasteiger partial charge in [0, 0.05) is 16.6 Å². The first-order valence-electron chi connectivity index (χ1n) is 5.59. The highest BCUT2D eigenvalue weighted by Crippen LogP contribution is 2.21. The number of carbonyl (C=O) groups excluding carboxylic acids is 1. The van der Waals surface area contributed by atoms with Crippen molar-refractivity contribution in [2.75, 3.05) is 5.32 Å². The maximum atomic E-state index is 12.1. The van der Waals surface area contributed by atoms with E-state index in [0.29, 0.717) is 21.8 Å². The number of hydrogen-bond acceptors (Lipinski definition) is 3. The average Bonchev–Trinajstić information content (AvgIpc) is 2.82. The van der Waals surface area contributed by atoms with Crippen LogP contribution in [0, 0.1) is 0 Å². The Morgan fingerprint density at radius 1 is 1.32 bits per heavy atom. The normalized spacial score (nSPS) is 10.6. The van der Waals surface area contributed by atoms with Gasteiger partial charge in [0.25, 0.3) is 5.91 Å². The van der Waals surface area contributed by atoms with E-state index in [1.54, 1.807) is 42.7 Å². The first-order valence-corrected chi connectivity index (χ1v) is 5.97. The number of aromatic nitrogens is 3. The van der Waals surface area contributed by atoms with Crippen LogP contribution in [0.4, 0.5) is 5.69 Å². The van der Waals surface area contributed by atoms with Gasteiger partial charge in [0.15, 0.2) is 5.69 Å². The van der Waals surface area contributed by atoms with E-state index >= 15 is 0 Å². The van der Waals surface area contributed by atoms with Crippen LogP contribution in [0.25, 0.3) is 10.9 Å². The highest BCUT2D eigenvalue weighted by atomic mass is 35.5. The second-order valence-corrected chi connectivity index (χ2v) is 4.39. The fraction of sp³-hybridized carbons (Fsp3) is 0. The summed E-state index contributed by atoms with van der Waals surface area (Å²) in [5.41, 5.74) is 1.69. The third kappa shape index (κ3) is 2.28. The van der Waals surface area contributed by atoms with Crippen molar-refractivity contribution >= 4 is 34.1 Å². The Morgan fingerprint density at radius 3 is 3.00 bits per heavy atom. The Kier molecular flexibility index (Phi) is 2.89. The lowest BCUT2D eigenvalue weighted by molar-refractivity contribution is 0.102. The zero-order chi connectivity index (χ0) is 13.2. The van der Waals surface area contributed by atoms with Crippen LogP contribution < -0.4 is 5.32 Å². The number of benzene rings is 1. The van der Waals surface area contributed by atoms with Crippen molar-refractivity contribution in [2.24, 2.45) is 0 Å². The third-order valence-electron chi connectivity index (χ3n) is 2.66. The van der Waals surface area contributed by atoms with Gasteiger partial charge in [-0.25, -0.2) is 0 Å². The number of fused-ring (bicyclic) bond motifs is 1. The Hall–Kier alpha value is -2.40. The Labute approximate surface area is 113 Å². The minimum atomic E-state index is -0.304. The smallest absolute Gasteiger partial charge is 0.276 e. The number of aromatic amines is 1. The molecular weight excluding hydrogens is 264 g/mol. The van der Waals surface area contributed by atoms with Crippen LogP contribution in [-0.4, -0.2) is 21.1 Å². The first-order chi connectivity index (χ1) is 9.24. The lowest BCUT2D eigenvalue weighted by Crippen LogP contribution is -2.12. The van der Waals surface area contributed by atoms with Crippen molar-refractivity contribution in [1.29, 1.82) is 0 Å². The Balaban J connectivity index is 1.96. The molecule has 94 valence electrons. The molecule has 2 heterocycles. The van der Waals surface area contributed by atoms with Gasteiger partial charge in [-0.3, -0.25) is 14.9 Å². The van der Waals surface area contributed by atoms with E-state index in [4.69, 9.17) is 11.6 Å². The summed E-state index contributed by atoms with van der Waals surface area (Å²) in [6, 6.07) is 8.73. The second-order valence-electron chi connectivity index (χ2n) is 3.96. The van der Waals surface area contributed by atoms with E-state index in [9.17, 15) is 4.79 Å². The zero-order valence-electron chi connectivity index (χ0n) is 9.72. The van der Waals surface area contributed by atoms with E-state index in [1.807, 2.05) is 0 Å². The van der Waals surface area contributed by atoms with Crippen molar-refractivity contribution in [3.63, 3.8) is 0 Å². The van der Waals surface area contributed by atoms with E-state index in [-0.39, 0.29) is 5.91 Å². The van der Waals surface area contributed by atoms with Gasteiger partial charge in [0.2, 0.25) is 0 Å². The highest BCUT2D eigenvalue weighted by Gasteiger charge is 2.14. The quantitative estimate of drug-likeness (QED) is 0.753. The van der Waals surface area contributed by atoms with Crippen molar-refractivity contribution in [1.82, 2.24) is 15.2 Å². The molecule has 3 rings (SSSR count). The van der Waals surface area contributed by atoms with Crippen LogP contribution >= 0.6 is 11.6 Å². The van der Waals surface area contributed by atoms with Gasteiger partial charge in [-0.05, 0) is 30.3 Å². The Morgan fingerprint density at radius 2 is 2.21 bits per heavy atom. The maximum absolute atomic E-state index is 12.1. The molecule has 0 radical (unpaired) electrons. The number of amides is 1. The minimum Gasteiger partial charge on any atom is -0.319 e. The number of pyridine rings is 1. The molecule has 19 heavy (non-hydrogen) atoms. The van der Waals surface area contributed by atoms with Crippen LogP contribution in [0.5, 0.6) is 0 Å². The molecule has 0 aliphatic rings. The van der Waals surface area contributed by atoms with Gasteiger partial charge >= 0.3 is 0 Å². The van der Waals surface area contributed by atoms with E-state index in [2.05, 4.69) is 20.5 Å². The van der Waals surface area contributed by atoms with Gasteiger partial charge < -0.3 is 5.32 Å². The first kappa shape index (κ1) is 11.7. The molecule has 0 aliphatic heterocycles. The minimum absolute atomic E-state index is 0.304. The van der Waals surface area contributed by atoms with Gasteiger partial charge in [0.1, 0.15) is 0 Å². The zero-order valence-corrected chi connectivity index (χ0v) is 10.5. The summed E-state index contributed by atoms with van der Waals surface area (Å²) in [4.78, 5) is 16.1. The van der Waals surface area contributed by atoms with Crippen LogP contribution in [0.1, 0.15) is 10.5 Å². The largest absolute Gasteiger partial charge is 0.319 e. The fourth-order valence-electron chi connectivity index (χ4n) is 1.79. The summed E-state index contributed by atoms with van der Waals surface area (Å²) < 4.78 is 0. The highest BCUT2D eigenvalue weighted by molar-refractivity contribution is 6.31. The molecule has 0 atom stereocenters. The molecular formula is C13H9ClN4O. The summed E-state index contributed by atoms with van der Waals surface area (Å²) in [5.74, 6) is -0.304. The number of nitrogens with one attached hydrogen (secondary N) is 2. The lowest BCUT2D eigenvalue weighted by atomic mass is 10.2. The SMILES string of the molecule is O=C(Nc1cccnc1)c1n[nH]c2ccc(Cl)cc12. The molecule has 2 N–H and O–H groups in total. The molecule has 0 unspecified atom stereocenters. The van der Waals surface area contributed by atoms with Gasteiger partial charge in [-0.2, -0.15) is 5.10 Å². The van der Waals surface area contributed by atoms with Gasteiger partial charge in [0.05, 0.1) is 17.4 Å². The average molecular weight is 273 g/mol. The van der Waals surface area contributed by atoms with Gasteiger partial charge in [-0.15, -0.1) is 0 Å². The van der Waals surface area contributed by atoms with Crippen molar-refractivity contribution in [3.8, 4) is 0 Å². The molecule has 1 aromatic carbocycles. The van der Waals surface area contributed by atoms with Crippen LogP contribution in [0.15, 0.2) is 42.7 Å². The molecule has 0 aliphatic carbocycles. The number of anilines is 1. The molecule has 0 fully saturated rings. The molecule has 2 aromatic heterocycles. The van der Waals surface area contributed by atoms with E-state index in [0.717, 1.165) is 5.52 Å². The van der Waals surface area contributed by atoms with Crippen molar-refractivity contribution in [2.45, 2.75) is 0 Å². The lowest BCUT2D eigenvalue weighted by Gasteiger charge is -2.02. The number of carbonyl (C=O) groups is 1. The maximum Gasteiger partial charge on any atom is 0.276 e. The van der Waals surface area contributed by atoms with E-state index in [1.165, 1.54) is 0 Å². The molecule has 0 saturated carbocycles. The van der Waals surface area contributed by atoms with Crippen molar-refractivity contribution in [3.05, 3.63) is 53.4 Å². The molecule has 3 aromatic rings. The number of H-pyrrole nitrogens is 1. The number of hydrogen-bond donors (Lipinski definition) is 2. The molecule has 5 nitrogen and oxygen atoms in total. The van der Waals surface area contributed by atoms with Crippen LogP contribution in [-0.2, 0) is 0 Å². The van der Waals surface area contributed by atoms with Gasteiger partial charge in [-0.1, -0.05) is 11.6 Å². The summed E-state index contributed by atoms with van der Waals surface area (Å²) >= 11 is 5.93. The second kappa shape index (κ2) is 4.70. The number of halogens is 1. The summed E-state index contributed by atoms with van der Waals surface area (Å²) in [6.07, 6.45) is 3.21. The van der Waals surface area contributed by atoms with E-state index < -0.39 is 0 Å². The standard InChI is InChI=1S/C13H9ClN4O/c14-8-3-4-11-10(6-8)12(18-17-11)13(19)16-9-2-1-5-15-7-9/h1-7H,(H,16,19)(H,17,18). The predicted octanol–water partition coefficient (Wildman–Crippen LogP) is 2.86. The Bertz CT molecular complexity index is 739. The molecule has 0 saturated heterocycles. The topological polar surface area (TPSA) is 70.7 Å². The summed E-state index contributed by atoms with van der Waals surface area (Å²) in [6.45, 7) is 0. The molecule has 0 bridgehead atoms. The summed E-state index contributed by atoms with van der Waals surface area (Å²) in [5, 5.41) is 10.8. The van der Waals surface area contributed by atoms with Crippen LogP contribution in [0.2, 0.25) is 5.02 Å². The molecule has 6 heteroatoms. The third-order valence-corrected chi connectivity index (χ3v) is 2.89. The predicted molar refractivity (Wildman–Crippen MR) is 73.3 cm³/mol. The monoisotopic (exact) mass is 272 g/mol.